The Kier molecular flexibility index (Phi) is 5.92. The van der Waals surface area contributed by atoms with Crippen LogP contribution in [0.15, 0.2) is 30.3 Å². The van der Waals surface area contributed by atoms with Crippen molar-refractivity contribution in [1.29, 1.82) is 0 Å². The van der Waals surface area contributed by atoms with Gasteiger partial charge in [0.1, 0.15) is 0 Å². The predicted molar refractivity (Wildman–Crippen MR) is 71.8 cm³/mol. The number of unbranched alkanes of at least 4 members (excludes halogenated alkanes) is 1. The second kappa shape index (κ2) is 7.23. The predicted octanol–water partition coefficient (Wildman–Crippen LogP) is 2.95. The van der Waals surface area contributed by atoms with E-state index in [1.807, 2.05) is 19.9 Å². The summed E-state index contributed by atoms with van der Waals surface area (Å²) < 4.78 is 0. The second-order valence-electron chi connectivity index (χ2n) is 4.89. The normalized spacial score (nSPS) is 12.7. The van der Waals surface area contributed by atoms with Crippen LogP contribution in [0.2, 0.25) is 0 Å². The molecule has 0 aliphatic rings. The summed E-state index contributed by atoms with van der Waals surface area (Å²) in [6, 6.07) is 10.2. The van der Waals surface area contributed by atoms with Gasteiger partial charge in [-0.3, -0.25) is 4.79 Å². The number of benzene rings is 1. The first-order valence-electron chi connectivity index (χ1n) is 6.44. The molecule has 1 aromatic rings. The molecule has 0 amide bonds. The van der Waals surface area contributed by atoms with E-state index in [-0.39, 0.29) is 17.7 Å². The standard InChI is InChI=1S/C15H23NO/c1-12(2)15(17)14(16)11-7-6-10-13-8-4-3-5-9-13/h3-5,8-9,12,14H,6-7,10-11,16H2,1-2H3/t14-/m0/s1. The molecule has 94 valence electrons. The Hall–Kier alpha value is -1.15. The molecule has 0 heterocycles. The maximum atomic E-state index is 11.6. The zero-order chi connectivity index (χ0) is 12.7. The van der Waals surface area contributed by atoms with Crippen molar-refractivity contribution in [1.82, 2.24) is 0 Å². The van der Waals surface area contributed by atoms with E-state index in [0.717, 1.165) is 25.7 Å². The third-order valence-corrected chi connectivity index (χ3v) is 3.01. The Morgan fingerprint density at radius 2 is 1.82 bits per heavy atom. The average molecular weight is 233 g/mol. The van der Waals surface area contributed by atoms with E-state index < -0.39 is 0 Å². The minimum atomic E-state index is -0.272. The first-order valence-corrected chi connectivity index (χ1v) is 6.44. The molecule has 1 rings (SSSR count). The maximum Gasteiger partial charge on any atom is 0.152 e. The van der Waals surface area contributed by atoms with Crippen molar-refractivity contribution >= 4 is 5.78 Å². The molecule has 0 unspecified atom stereocenters. The van der Waals surface area contributed by atoms with Crippen LogP contribution in [0.25, 0.3) is 0 Å². The van der Waals surface area contributed by atoms with Gasteiger partial charge in [-0.05, 0) is 24.8 Å². The van der Waals surface area contributed by atoms with Crippen LogP contribution in [0, 0.1) is 5.92 Å². The zero-order valence-electron chi connectivity index (χ0n) is 10.9. The summed E-state index contributed by atoms with van der Waals surface area (Å²) >= 11 is 0. The lowest BCUT2D eigenvalue weighted by Crippen LogP contribution is -2.33. The van der Waals surface area contributed by atoms with Gasteiger partial charge in [-0.15, -0.1) is 0 Å². The van der Waals surface area contributed by atoms with Crippen molar-refractivity contribution in [3.8, 4) is 0 Å². The molecule has 0 saturated carbocycles. The minimum Gasteiger partial charge on any atom is -0.321 e. The molecule has 0 bridgehead atoms. The van der Waals surface area contributed by atoms with Gasteiger partial charge in [-0.2, -0.15) is 0 Å². The number of hydrogen-bond acceptors (Lipinski definition) is 2. The van der Waals surface area contributed by atoms with E-state index in [1.54, 1.807) is 0 Å². The van der Waals surface area contributed by atoms with Gasteiger partial charge in [0.25, 0.3) is 0 Å². The fraction of sp³-hybridized carbons (Fsp3) is 0.533. The van der Waals surface area contributed by atoms with E-state index in [2.05, 4.69) is 24.3 Å². The van der Waals surface area contributed by atoms with Crippen LogP contribution >= 0.6 is 0 Å². The number of Topliss-reactive ketones (excluding diaryl/α,β-unsaturated/α-hetero) is 1. The molecule has 2 N–H and O–H groups in total. The Labute approximate surface area is 104 Å². The maximum absolute atomic E-state index is 11.6. The quantitative estimate of drug-likeness (QED) is 0.736. The van der Waals surface area contributed by atoms with Crippen LogP contribution in [0.3, 0.4) is 0 Å². The van der Waals surface area contributed by atoms with E-state index >= 15 is 0 Å². The van der Waals surface area contributed by atoms with Gasteiger partial charge in [0.2, 0.25) is 0 Å². The number of carbonyl (C=O) groups is 1. The summed E-state index contributed by atoms with van der Waals surface area (Å²) in [6.45, 7) is 3.82. The Bertz CT molecular complexity index is 332. The highest BCUT2D eigenvalue weighted by Crippen LogP contribution is 2.09. The number of nitrogens with two attached hydrogens (primary N) is 1. The molecular formula is C15H23NO. The average Bonchev–Trinajstić information content (AvgIpc) is 2.34. The van der Waals surface area contributed by atoms with Gasteiger partial charge < -0.3 is 5.73 Å². The van der Waals surface area contributed by atoms with Crippen molar-refractivity contribution < 1.29 is 4.79 Å². The molecule has 1 aromatic carbocycles. The molecule has 0 spiro atoms. The van der Waals surface area contributed by atoms with Gasteiger partial charge in [0.05, 0.1) is 6.04 Å². The van der Waals surface area contributed by atoms with Crippen molar-refractivity contribution in [2.75, 3.05) is 0 Å². The molecular weight excluding hydrogens is 210 g/mol. The molecule has 2 heteroatoms. The number of hydrogen-bond donors (Lipinski definition) is 1. The molecule has 0 saturated heterocycles. The van der Waals surface area contributed by atoms with Crippen molar-refractivity contribution in [3.63, 3.8) is 0 Å². The number of rotatable bonds is 7. The smallest absolute Gasteiger partial charge is 0.152 e. The molecule has 0 fully saturated rings. The molecule has 0 aliphatic heterocycles. The van der Waals surface area contributed by atoms with Gasteiger partial charge in [-0.25, -0.2) is 0 Å². The Morgan fingerprint density at radius 3 is 2.41 bits per heavy atom. The summed E-state index contributed by atoms with van der Waals surface area (Å²) in [5.74, 6) is 0.240. The number of aryl methyl sites for hydroxylation is 1. The first-order chi connectivity index (χ1) is 8.11. The summed E-state index contributed by atoms with van der Waals surface area (Å²) in [5.41, 5.74) is 7.21. The van der Waals surface area contributed by atoms with Crippen molar-refractivity contribution in [3.05, 3.63) is 35.9 Å². The molecule has 2 nitrogen and oxygen atoms in total. The largest absolute Gasteiger partial charge is 0.321 e. The van der Waals surface area contributed by atoms with Crippen LogP contribution in [0.1, 0.15) is 38.7 Å². The van der Waals surface area contributed by atoms with E-state index in [9.17, 15) is 4.79 Å². The highest BCUT2D eigenvalue weighted by Gasteiger charge is 2.15. The molecule has 0 aliphatic carbocycles. The fourth-order valence-electron chi connectivity index (χ4n) is 1.91. The van der Waals surface area contributed by atoms with Crippen LogP contribution in [0.5, 0.6) is 0 Å². The van der Waals surface area contributed by atoms with Gasteiger partial charge in [-0.1, -0.05) is 50.6 Å². The lowest BCUT2D eigenvalue weighted by Gasteiger charge is -2.12. The highest BCUT2D eigenvalue weighted by atomic mass is 16.1. The molecule has 17 heavy (non-hydrogen) atoms. The fourth-order valence-corrected chi connectivity index (χ4v) is 1.91. The van der Waals surface area contributed by atoms with E-state index in [0.29, 0.717) is 0 Å². The van der Waals surface area contributed by atoms with Gasteiger partial charge in [0.15, 0.2) is 5.78 Å². The third-order valence-electron chi connectivity index (χ3n) is 3.01. The topological polar surface area (TPSA) is 43.1 Å². The van der Waals surface area contributed by atoms with E-state index in [4.69, 9.17) is 5.73 Å². The zero-order valence-corrected chi connectivity index (χ0v) is 10.9. The second-order valence-corrected chi connectivity index (χ2v) is 4.89. The lowest BCUT2D eigenvalue weighted by atomic mass is 9.97. The summed E-state index contributed by atoms with van der Waals surface area (Å²) in [7, 11) is 0. The number of ketones is 1. The summed E-state index contributed by atoms with van der Waals surface area (Å²) in [5, 5.41) is 0. The molecule has 1 atom stereocenters. The van der Waals surface area contributed by atoms with Crippen LogP contribution in [0.4, 0.5) is 0 Å². The van der Waals surface area contributed by atoms with Gasteiger partial charge in [0, 0.05) is 5.92 Å². The van der Waals surface area contributed by atoms with Crippen molar-refractivity contribution in [2.24, 2.45) is 11.7 Å². The van der Waals surface area contributed by atoms with Crippen LogP contribution in [-0.2, 0) is 11.2 Å². The lowest BCUT2D eigenvalue weighted by molar-refractivity contribution is -0.123. The SMILES string of the molecule is CC(C)C(=O)[C@@H](N)CCCCc1ccccc1. The van der Waals surface area contributed by atoms with Crippen molar-refractivity contribution in [2.45, 2.75) is 45.6 Å². The Morgan fingerprint density at radius 1 is 1.18 bits per heavy atom. The van der Waals surface area contributed by atoms with Crippen LogP contribution in [-0.4, -0.2) is 11.8 Å². The first kappa shape index (κ1) is 13.9. The monoisotopic (exact) mass is 233 g/mol. The molecule has 0 radical (unpaired) electrons. The van der Waals surface area contributed by atoms with Gasteiger partial charge >= 0.3 is 0 Å². The van der Waals surface area contributed by atoms with E-state index in [1.165, 1.54) is 5.56 Å². The Balaban J connectivity index is 2.18. The van der Waals surface area contributed by atoms with Crippen LogP contribution < -0.4 is 5.73 Å². The third kappa shape index (κ3) is 5.14. The summed E-state index contributed by atoms with van der Waals surface area (Å²) in [4.78, 5) is 11.6. The number of carbonyl (C=O) groups excluding carboxylic acids is 1. The molecule has 0 aromatic heterocycles. The highest BCUT2D eigenvalue weighted by molar-refractivity contribution is 5.85. The minimum absolute atomic E-state index is 0.0547. The summed E-state index contributed by atoms with van der Waals surface area (Å²) in [6.07, 6.45) is 4.00.